The van der Waals surface area contributed by atoms with Gasteiger partial charge in [-0.2, -0.15) is 13.2 Å². The molecule has 0 saturated heterocycles. The highest BCUT2D eigenvalue weighted by atomic mass is 32.2. The van der Waals surface area contributed by atoms with Crippen molar-refractivity contribution < 1.29 is 13.2 Å². The van der Waals surface area contributed by atoms with Crippen LogP contribution in [0.4, 0.5) is 13.2 Å². The summed E-state index contributed by atoms with van der Waals surface area (Å²) >= 11 is 3.12. The molecule has 0 aliphatic heterocycles. The summed E-state index contributed by atoms with van der Waals surface area (Å²) < 4.78 is 42.4. The Labute approximate surface area is 148 Å². The molecule has 0 atom stereocenters. The van der Waals surface area contributed by atoms with Gasteiger partial charge in [0.25, 0.3) is 0 Å². The fourth-order valence-corrected chi connectivity index (χ4v) is 4.25. The van der Waals surface area contributed by atoms with E-state index in [-0.39, 0.29) is 5.52 Å². The van der Waals surface area contributed by atoms with Gasteiger partial charge in [-0.3, -0.25) is 4.40 Å². The van der Waals surface area contributed by atoms with Gasteiger partial charge in [-0.1, -0.05) is 6.92 Å². The number of thiazole rings is 1. The number of hydrogen-bond acceptors (Lipinski definition) is 5. The average molecular weight is 383 g/mol. The SMILES string of the molecule is CCSc1c(-c2nc3cc(C(F)(F)F)ncc3n2C)nc2sccn12. The van der Waals surface area contributed by atoms with Gasteiger partial charge in [0.1, 0.15) is 16.4 Å². The molecule has 0 spiro atoms. The monoisotopic (exact) mass is 383 g/mol. The van der Waals surface area contributed by atoms with Gasteiger partial charge in [0, 0.05) is 18.6 Å². The van der Waals surface area contributed by atoms with Gasteiger partial charge >= 0.3 is 6.18 Å². The summed E-state index contributed by atoms with van der Waals surface area (Å²) in [6.45, 7) is 2.04. The summed E-state index contributed by atoms with van der Waals surface area (Å²) in [4.78, 5) is 13.4. The molecular weight excluding hydrogens is 371 g/mol. The molecule has 0 unspecified atom stereocenters. The van der Waals surface area contributed by atoms with Crippen LogP contribution in [0.2, 0.25) is 0 Å². The Morgan fingerprint density at radius 3 is 2.80 bits per heavy atom. The van der Waals surface area contributed by atoms with E-state index >= 15 is 0 Å². The lowest BCUT2D eigenvalue weighted by atomic mass is 10.3. The van der Waals surface area contributed by atoms with Crippen molar-refractivity contribution in [2.75, 3.05) is 5.75 Å². The van der Waals surface area contributed by atoms with E-state index in [0.29, 0.717) is 17.0 Å². The first-order valence-electron chi connectivity index (χ1n) is 7.38. The molecule has 0 bridgehead atoms. The van der Waals surface area contributed by atoms with Crippen molar-refractivity contribution in [3.05, 3.63) is 29.5 Å². The van der Waals surface area contributed by atoms with Crippen LogP contribution in [0.3, 0.4) is 0 Å². The number of pyridine rings is 1. The van der Waals surface area contributed by atoms with E-state index < -0.39 is 11.9 Å². The number of halogens is 3. The molecule has 0 radical (unpaired) electrons. The van der Waals surface area contributed by atoms with Gasteiger partial charge in [0.15, 0.2) is 10.8 Å². The fourth-order valence-electron chi connectivity index (χ4n) is 2.64. The minimum absolute atomic E-state index is 0.253. The third kappa shape index (κ3) is 2.60. The maximum absolute atomic E-state index is 12.9. The molecule has 4 heterocycles. The predicted molar refractivity (Wildman–Crippen MR) is 92.0 cm³/mol. The first kappa shape index (κ1) is 16.4. The topological polar surface area (TPSA) is 48.0 Å². The zero-order chi connectivity index (χ0) is 17.8. The van der Waals surface area contributed by atoms with Crippen molar-refractivity contribution in [2.24, 2.45) is 7.05 Å². The van der Waals surface area contributed by atoms with E-state index in [1.54, 1.807) is 23.4 Å². The summed E-state index contributed by atoms with van der Waals surface area (Å²) in [5, 5.41) is 2.88. The number of aryl methyl sites for hydroxylation is 1. The van der Waals surface area contributed by atoms with Crippen molar-refractivity contribution in [3.63, 3.8) is 0 Å². The Balaban J connectivity index is 1.94. The second-order valence-electron chi connectivity index (χ2n) is 5.30. The summed E-state index contributed by atoms with van der Waals surface area (Å²) in [5.74, 6) is 1.38. The molecule has 4 rings (SSSR count). The zero-order valence-corrected chi connectivity index (χ0v) is 14.8. The van der Waals surface area contributed by atoms with E-state index in [1.807, 2.05) is 22.9 Å². The Hall–Kier alpha value is -2.07. The van der Waals surface area contributed by atoms with Crippen molar-refractivity contribution >= 4 is 39.1 Å². The quantitative estimate of drug-likeness (QED) is 0.490. The largest absolute Gasteiger partial charge is 0.433 e. The van der Waals surface area contributed by atoms with Gasteiger partial charge in [0.05, 0.1) is 17.2 Å². The number of hydrogen-bond donors (Lipinski definition) is 0. The van der Waals surface area contributed by atoms with Crippen LogP contribution in [0.5, 0.6) is 0 Å². The maximum atomic E-state index is 12.9. The first-order chi connectivity index (χ1) is 11.9. The zero-order valence-electron chi connectivity index (χ0n) is 13.2. The minimum Gasteiger partial charge on any atom is -0.324 e. The van der Waals surface area contributed by atoms with Crippen LogP contribution in [0, 0.1) is 0 Å². The summed E-state index contributed by atoms with van der Waals surface area (Å²) in [5.41, 5.74) is 0.514. The Morgan fingerprint density at radius 2 is 2.08 bits per heavy atom. The van der Waals surface area contributed by atoms with Crippen molar-refractivity contribution in [1.29, 1.82) is 0 Å². The molecule has 5 nitrogen and oxygen atoms in total. The molecule has 0 amide bonds. The van der Waals surface area contributed by atoms with Gasteiger partial charge in [-0.15, -0.1) is 23.1 Å². The molecule has 4 aromatic heterocycles. The number of aromatic nitrogens is 5. The van der Waals surface area contributed by atoms with Gasteiger partial charge in [0.2, 0.25) is 0 Å². The van der Waals surface area contributed by atoms with Crippen molar-refractivity contribution in [2.45, 2.75) is 18.1 Å². The number of rotatable bonds is 3. The van der Waals surface area contributed by atoms with Crippen LogP contribution < -0.4 is 0 Å². The Kier molecular flexibility index (Phi) is 3.76. The van der Waals surface area contributed by atoms with Gasteiger partial charge < -0.3 is 4.57 Å². The van der Waals surface area contributed by atoms with Crippen LogP contribution in [0.15, 0.2) is 28.9 Å². The maximum Gasteiger partial charge on any atom is 0.433 e. The lowest BCUT2D eigenvalue weighted by molar-refractivity contribution is -0.141. The number of imidazole rings is 2. The van der Waals surface area contributed by atoms with Crippen LogP contribution in [-0.2, 0) is 13.2 Å². The smallest absolute Gasteiger partial charge is 0.324 e. The minimum atomic E-state index is -4.49. The number of alkyl halides is 3. The van der Waals surface area contributed by atoms with E-state index in [2.05, 4.69) is 15.0 Å². The first-order valence-corrected chi connectivity index (χ1v) is 9.25. The highest BCUT2D eigenvalue weighted by molar-refractivity contribution is 7.99. The number of fused-ring (bicyclic) bond motifs is 2. The van der Waals surface area contributed by atoms with Gasteiger partial charge in [-0.25, -0.2) is 15.0 Å². The van der Waals surface area contributed by atoms with Gasteiger partial charge in [-0.05, 0) is 11.8 Å². The predicted octanol–water partition coefficient (Wildman–Crippen LogP) is 4.48. The molecule has 4 aromatic rings. The second kappa shape index (κ2) is 5.73. The molecule has 130 valence electrons. The molecule has 25 heavy (non-hydrogen) atoms. The van der Waals surface area contributed by atoms with E-state index in [0.717, 1.165) is 21.8 Å². The number of nitrogens with zero attached hydrogens (tertiary/aromatic N) is 5. The Bertz CT molecular complexity index is 1080. The second-order valence-corrected chi connectivity index (χ2v) is 7.43. The molecular formula is C15H12F3N5S2. The third-order valence-corrected chi connectivity index (χ3v) is 5.48. The lowest BCUT2D eigenvalue weighted by Crippen LogP contribution is -2.07. The molecule has 0 fully saturated rings. The standard InChI is InChI=1S/C15H12F3N5S2/c1-3-24-13-11(21-14-23(13)4-5-25-14)12-20-8-6-10(15(16,17)18)19-7-9(8)22(12)2/h4-7H,3H2,1-2H3. The van der Waals surface area contributed by atoms with Crippen molar-refractivity contribution in [3.8, 4) is 11.5 Å². The summed E-state index contributed by atoms with van der Waals surface area (Å²) in [6, 6.07) is 0.976. The Morgan fingerprint density at radius 1 is 1.28 bits per heavy atom. The molecule has 0 N–H and O–H groups in total. The average Bonchev–Trinajstić information content (AvgIpc) is 3.21. The molecule has 0 aromatic carbocycles. The van der Waals surface area contributed by atoms with Crippen molar-refractivity contribution in [1.82, 2.24) is 23.9 Å². The molecule has 0 saturated carbocycles. The van der Waals surface area contributed by atoms with E-state index in [1.165, 1.54) is 17.5 Å². The number of thioether (sulfide) groups is 1. The highest BCUT2D eigenvalue weighted by Gasteiger charge is 2.33. The van der Waals surface area contributed by atoms with Crippen LogP contribution in [0.25, 0.3) is 27.5 Å². The summed E-state index contributed by atoms with van der Waals surface area (Å²) in [7, 11) is 1.76. The fraction of sp³-hybridized carbons (Fsp3) is 0.267. The van der Waals surface area contributed by atoms with Crippen LogP contribution in [-0.4, -0.2) is 29.7 Å². The van der Waals surface area contributed by atoms with Crippen LogP contribution in [0.1, 0.15) is 12.6 Å². The molecule has 10 heteroatoms. The van der Waals surface area contributed by atoms with E-state index in [9.17, 15) is 13.2 Å². The van der Waals surface area contributed by atoms with E-state index in [4.69, 9.17) is 0 Å². The highest BCUT2D eigenvalue weighted by Crippen LogP contribution is 2.35. The third-order valence-electron chi connectivity index (χ3n) is 3.77. The summed E-state index contributed by atoms with van der Waals surface area (Å²) in [6.07, 6.45) is -1.35. The lowest BCUT2D eigenvalue weighted by Gasteiger charge is -2.05. The molecule has 0 aliphatic carbocycles. The van der Waals surface area contributed by atoms with Crippen LogP contribution >= 0.6 is 23.1 Å². The normalized spacial score (nSPS) is 12.5. The molecule has 0 aliphatic rings.